The second kappa shape index (κ2) is 9.22. The van der Waals surface area contributed by atoms with E-state index in [1.165, 1.54) is 12.8 Å². The van der Waals surface area contributed by atoms with Gasteiger partial charge >= 0.3 is 6.09 Å². The summed E-state index contributed by atoms with van der Waals surface area (Å²) in [5.74, 6) is 3.27. The lowest BCUT2D eigenvalue weighted by molar-refractivity contribution is 0.00928. The van der Waals surface area contributed by atoms with Gasteiger partial charge in [0, 0.05) is 39.8 Å². The van der Waals surface area contributed by atoms with E-state index >= 15 is 0 Å². The topological polar surface area (TPSA) is 87.9 Å². The number of ether oxygens (including phenoxy) is 1. The van der Waals surface area contributed by atoms with Crippen LogP contribution < -0.4 is 5.32 Å². The Hall–Kier alpha value is -2.32. The van der Waals surface area contributed by atoms with E-state index in [1.807, 2.05) is 44.2 Å². The van der Waals surface area contributed by atoms with E-state index in [-0.39, 0.29) is 12.1 Å². The number of hydrogen-bond acceptors (Lipinski definition) is 5. The Kier molecular flexibility index (Phi) is 6.88. The van der Waals surface area contributed by atoms with Crippen LogP contribution in [0.1, 0.15) is 58.1 Å². The van der Waals surface area contributed by atoms with E-state index in [0.717, 1.165) is 50.1 Å². The SMILES string of the molecule is CN=C(NCc1nnc(C)n1C)N1CCC(N(CC2CC2)C(=O)OC(C)(C)C)CC1. The molecule has 2 aliphatic rings. The lowest BCUT2D eigenvalue weighted by atomic mass is 10.0. The Labute approximate surface area is 179 Å². The number of amides is 1. The average Bonchev–Trinajstić information content (AvgIpc) is 3.46. The van der Waals surface area contributed by atoms with Crippen molar-refractivity contribution in [1.82, 2.24) is 29.9 Å². The average molecular weight is 420 g/mol. The van der Waals surface area contributed by atoms with Crippen molar-refractivity contribution in [3.05, 3.63) is 11.6 Å². The van der Waals surface area contributed by atoms with E-state index in [4.69, 9.17) is 4.74 Å². The number of carbonyl (C=O) groups is 1. The van der Waals surface area contributed by atoms with Gasteiger partial charge in [-0.3, -0.25) is 4.99 Å². The van der Waals surface area contributed by atoms with E-state index < -0.39 is 5.60 Å². The molecule has 1 saturated carbocycles. The number of hydrogen-bond donors (Lipinski definition) is 1. The zero-order valence-electron chi connectivity index (χ0n) is 19.3. The van der Waals surface area contributed by atoms with Crippen LogP contribution in [-0.2, 0) is 18.3 Å². The molecule has 9 heteroatoms. The van der Waals surface area contributed by atoms with Gasteiger partial charge in [-0.1, -0.05) is 0 Å². The maximum absolute atomic E-state index is 12.8. The molecule has 0 unspecified atom stereocenters. The molecule has 1 aromatic rings. The molecule has 1 amide bonds. The Bertz CT molecular complexity index is 756. The van der Waals surface area contributed by atoms with E-state index in [9.17, 15) is 4.79 Å². The summed E-state index contributed by atoms with van der Waals surface area (Å²) in [5.41, 5.74) is -0.469. The van der Waals surface area contributed by atoms with Gasteiger partial charge in [-0.25, -0.2) is 4.79 Å². The largest absolute Gasteiger partial charge is 0.444 e. The van der Waals surface area contributed by atoms with Crippen molar-refractivity contribution < 1.29 is 9.53 Å². The predicted octanol–water partition coefficient (Wildman–Crippen LogP) is 2.31. The summed E-state index contributed by atoms with van der Waals surface area (Å²) in [4.78, 5) is 21.5. The molecule has 0 spiro atoms. The maximum atomic E-state index is 12.8. The number of nitrogens with one attached hydrogen (secondary N) is 1. The molecule has 1 N–H and O–H groups in total. The number of guanidine groups is 1. The Morgan fingerprint density at radius 1 is 1.23 bits per heavy atom. The second-order valence-electron chi connectivity index (χ2n) is 9.42. The summed E-state index contributed by atoms with van der Waals surface area (Å²) in [6.07, 6.45) is 4.09. The first-order valence-corrected chi connectivity index (χ1v) is 11.0. The summed E-state index contributed by atoms with van der Waals surface area (Å²) < 4.78 is 7.68. The van der Waals surface area contributed by atoms with E-state index in [0.29, 0.717) is 12.5 Å². The Morgan fingerprint density at radius 3 is 2.40 bits per heavy atom. The highest BCUT2D eigenvalue weighted by Gasteiger charge is 2.35. The number of aromatic nitrogens is 3. The van der Waals surface area contributed by atoms with Crippen LogP contribution in [0.25, 0.3) is 0 Å². The van der Waals surface area contributed by atoms with Gasteiger partial charge in [0.05, 0.1) is 6.54 Å². The fourth-order valence-electron chi connectivity index (χ4n) is 3.76. The van der Waals surface area contributed by atoms with Crippen molar-refractivity contribution in [2.75, 3.05) is 26.7 Å². The zero-order valence-corrected chi connectivity index (χ0v) is 19.3. The van der Waals surface area contributed by atoms with Crippen LogP contribution in [0, 0.1) is 12.8 Å². The number of likely N-dealkylation sites (tertiary alicyclic amines) is 1. The van der Waals surface area contributed by atoms with Crippen LogP contribution in [0.4, 0.5) is 4.79 Å². The van der Waals surface area contributed by atoms with Crippen LogP contribution in [0.5, 0.6) is 0 Å². The van der Waals surface area contributed by atoms with Gasteiger partial charge in [0.15, 0.2) is 11.8 Å². The minimum absolute atomic E-state index is 0.173. The van der Waals surface area contributed by atoms with Gasteiger partial charge in [-0.15, -0.1) is 10.2 Å². The first kappa shape index (κ1) is 22.4. The van der Waals surface area contributed by atoms with E-state index in [1.54, 1.807) is 7.05 Å². The summed E-state index contributed by atoms with van der Waals surface area (Å²) in [6.45, 7) is 10.8. The van der Waals surface area contributed by atoms with Crippen molar-refractivity contribution in [2.24, 2.45) is 18.0 Å². The summed E-state index contributed by atoms with van der Waals surface area (Å²) in [6, 6.07) is 0.219. The standard InChI is InChI=1S/C21H37N7O2/c1-15-24-25-18(26(15)6)13-23-19(22-5)27-11-9-17(10-12-27)28(14-16-7-8-16)20(29)30-21(2,3)4/h16-17H,7-14H2,1-6H3,(H,22,23). The molecule has 1 saturated heterocycles. The summed E-state index contributed by atoms with van der Waals surface area (Å²) in [7, 11) is 3.77. The number of carbonyl (C=O) groups excluding carboxylic acids is 1. The molecule has 1 aliphatic heterocycles. The zero-order chi connectivity index (χ0) is 21.9. The predicted molar refractivity (Wildman–Crippen MR) is 116 cm³/mol. The third kappa shape index (κ3) is 5.86. The number of aliphatic imine (C=N–C) groups is 1. The number of rotatable bonds is 5. The smallest absolute Gasteiger partial charge is 0.410 e. The minimum atomic E-state index is -0.469. The molecular weight excluding hydrogens is 382 g/mol. The van der Waals surface area contributed by atoms with Gasteiger partial charge in [-0.05, 0) is 59.3 Å². The molecule has 3 rings (SSSR count). The lowest BCUT2D eigenvalue weighted by Gasteiger charge is -2.40. The third-order valence-corrected chi connectivity index (χ3v) is 5.78. The highest BCUT2D eigenvalue weighted by Crippen LogP contribution is 2.32. The van der Waals surface area contributed by atoms with Gasteiger partial charge in [0.2, 0.25) is 0 Å². The molecule has 1 aromatic heterocycles. The van der Waals surface area contributed by atoms with Gasteiger partial charge in [0.1, 0.15) is 11.4 Å². The van der Waals surface area contributed by atoms with Gasteiger partial charge < -0.3 is 24.4 Å². The monoisotopic (exact) mass is 419 g/mol. The number of nitrogens with zero attached hydrogens (tertiary/aromatic N) is 6. The molecule has 2 fully saturated rings. The molecule has 30 heavy (non-hydrogen) atoms. The number of aryl methyl sites for hydroxylation is 1. The molecule has 1 aliphatic carbocycles. The highest BCUT2D eigenvalue weighted by molar-refractivity contribution is 5.80. The molecule has 0 atom stereocenters. The molecule has 2 heterocycles. The highest BCUT2D eigenvalue weighted by atomic mass is 16.6. The first-order chi connectivity index (χ1) is 14.2. The van der Waals surface area contributed by atoms with Gasteiger partial charge in [0.25, 0.3) is 0 Å². The first-order valence-electron chi connectivity index (χ1n) is 11.0. The van der Waals surface area contributed by atoms with Crippen molar-refractivity contribution in [3.63, 3.8) is 0 Å². The third-order valence-electron chi connectivity index (χ3n) is 5.78. The molecule has 0 bridgehead atoms. The second-order valence-corrected chi connectivity index (χ2v) is 9.42. The quantitative estimate of drug-likeness (QED) is 0.582. The fraction of sp³-hybridized carbons (Fsp3) is 0.810. The fourth-order valence-corrected chi connectivity index (χ4v) is 3.76. The summed E-state index contributed by atoms with van der Waals surface area (Å²) in [5, 5.41) is 11.7. The van der Waals surface area contributed by atoms with Crippen LogP contribution in [-0.4, -0.2) is 74.9 Å². The Morgan fingerprint density at radius 2 is 1.90 bits per heavy atom. The molecule has 0 aromatic carbocycles. The van der Waals surface area contributed by atoms with Crippen LogP contribution in [0.2, 0.25) is 0 Å². The molecule has 0 radical (unpaired) electrons. The minimum Gasteiger partial charge on any atom is -0.444 e. The van der Waals surface area contributed by atoms with Crippen molar-refractivity contribution in [2.45, 2.75) is 71.6 Å². The van der Waals surface area contributed by atoms with Crippen LogP contribution in [0.3, 0.4) is 0 Å². The lowest BCUT2D eigenvalue weighted by Crippen LogP contribution is -2.52. The van der Waals surface area contributed by atoms with Gasteiger partial charge in [-0.2, -0.15) is 0 Å². The van der Waals surface area contributed by atoms with E-state index in [2.05, 4.69) is 25.4 Å². The molecule has 9 nitrogen and oxygen atoms in total. The van der Waals surface area contributed by atoms with Crippen LogP contribution >= 0.6 is 0 Å². The molecular formula is C21H37N7O2. The normalized spacial score (nSPS) is 18.5. The summed E-state index contributed by atoms with van der Waals surface area (Å²) >= 11 is 0. The van der Waals surface area contributed by atoms with Crippen molar-refractivity contribution in [1.29, 1.82) is 0 Å². The van der Waals surface area contributed by atoms with Crippen molar-refractivity contribution in [3.8, 4) is 0 Å². The van der Waals surface area contributed by atoms with Crippen molar-refractivity contribution >= 4 is 12.1 Å². The maximum Gasteiger partial charge on any atom is 0.410 e. The van der Waals surface area contributed by atoms with Crippen LogP contribution in [0.15, 0.2) is 4.99 Å². The molecule has 168 valence electrons. The Balaban J connectivity index is 1.55. The number of piperidine rings is 1.